The van der Waals surface area contributed by atoms with Crippen molar-refractivity contribution in [3.63, 3.8) is 0 Å². The number of amides is 1. The van der Waals surface area contributed by atoms with Crippen LogP contribution in [0.2, 0.25) is 0 Å². The van der Waals surface area contributed by atoms with Crippen LogP contribution in [0.15, 0.2) is 34.3 Å². The van der Waals surface area contributed by atoms with Crippen LogP contribution < -0.4 is 10.7 Å². The maximum atomic E-state index is 12.0. The molecule has 0 saturated heterocycles. The van der Waals surface area contributed by atoms with E-state index in [9.17, 15) is 13.2 Å². The minimum absolute atomic E-state index is 0.120. The van der Waals surface area contributed by atoms with Crippen molar-refractivity contribution in [2.45, 2.75) is 23.6 Å². The van der Waals surface area contributed by atoms with Gasteiger partial charge in [0.2, 0.25) is 0 Å². The lowest BCUT2D eigenvalue weighted by Crippen LogP contribution is -2.27. The third kappa shape index (κ3) is 3.50. The fraction of sp³-hybridized carbons (Fsp3) is 0.273. The average Bonchev–Trinajstić information content (AvgIpc) is 2.85. The minimum Gasteiger partial charge on any atom is -0.300 e. The molecule has 2 rings (SSSR count). The zero-order valence-electron chi connectivity index (χ0n) is 10.5. The Bertz CT molecular complexity index is 657. The monoisotopic (exact) mass is 315 g/mol. The molecule has 0 radical (unpaired) electrons. The van der Waals surface area contributed by atoms with Gasteiger partial charge >= 0.3 is 0 Å². The lowest BCUT2D eigenvalue weighted by atomic mass is 10.2. The Kier molecular flexibility index (Phi) is 4.31. The Balaban J connectivity index is 2.11. The molecule has 0 bridgehead atoms. The summed E-state index contributed by atoms with van der Waals surface area (Å²) in [6.07, 6.45) is 0.853. The molecule has 0 saturated carbocycles. The molecular weight excluding hydrogens is 302 g/mol. The van der Waals surface area contributed by atoms with E-state index in [0.717, 1.165) is 12.5 Å². The molecule has 108 valence electrons. The topological polar surface area (TPSA) is 108 Å². The number of amidine groups is 1. The van der Waals surface area contributed by atoms with Crippen LogP contribution >= 0.6 is 11.8 Å². The highest BCUT2D eigenvalue weighted by Gasteiger charge is 2.20. The first-order valence-electron chi connectivity index (χ1n) is 5.79. The Morgan fingerprint density at radius 1 is 1.55 bits per heavy atom. The lowest BCUT2D eigenvalue weighted by molar-refractivity contribution is 0.0977. The predicted octanol–water partition coefficient (Wildman–Crippen LogP) is 1.01. The number of carbonyl (C=O) groups is 1. The van der Waals surface area contributed by atoms with E-state index >= 15 is 0 Å². The molecule has 0 aromatic heterocycles. The molecule has 1 aromatic carbocycles. The van der Waals surface area contributed by atoms with E-state index in [1.807, 2.05) is 6.92 Å². The predicted molar refractivity (Wildman–Crippen MR) is 76.0 cm³/mol. The molecule has 7 nitrogen and oxygen atoms in total. The van der Waals surface area contributed by atoms with Crippen molar-refractivity contribution in [3.8, 4) is 0 Å². The number of benzene rings is 1. The molecule has 1 amide bonds. The molecule has 1 aliphatic heterocycles. The van der Waals surface area contributed by atoms with Gasteiger partial charge in [0, 0.05) is 5.56 Å². The number of hydrazone groups is 1. The number of thioether (sulfide) groups is 1. The summed E-state index contributed by atoms with van der Waals surface area (Å²) in [4.78, 5) is 11.6. The number of rotatable bonds is 3. The van der Waals surface area contributed by atoms with Crippen molar-refractivity contribution >= 4 is 33.0 Å². The van der Waals surface area contributed by atoms with Gasteiger partial charge in [-0.25, -0.2) is 0 Å². The largest absolute Gasteiger partial charge is 0.300 e. The smallest absolute Gasteiger partial charge is 0.294 e. The molecule has 20 heavy (non-hydrogen) atoms. The SMILES string of the molecule is CCC1NN=C(NC(=O)c2cccc(S(=O)(=O)O)c2)S1. The second-order valence-electron chi connectivity index (χ2n) is 4.02. The summed E-state index contributed by atoms with van der Waals surface area (Å²) in [7, 11) is -4.33. The summed E-state index contributed by atoms with van der Waals surface area (Å²) in [5.74, 6) is -0.486. The maximum Gasteiger partial charge on any atom is 0.294 e. The summed E-state index contributed by atoms with van der Waals surface area (Å²) < 4.78 is 31.0. The van der Waals surface area contributed by atoms with Gasteiger partial charge < -0.3 is 0 Å². The summed E-state index contributed by atoms with van der Waals surface area (Å²) >= 11 is 1.38. The van der Waals surface area contributed by atoms with Crippen LogP contribution in [0.5, 0.6) is 0 Å². The third-order valence-electron chi connectivity index (χ3n) is 2.55. The van der Waals surface area contributed by atoms with Crippen LogP contribution in [0, 0.1) is 0 Å². The Labute approximate surface area is 120 Å². The van der Waals surface area contributed by atoms with Crippen LogP contribution in [0.25, 0.3) is 0 Å². The molecule has 1 heterocycles. The maximum absolute atomic E-state index is 12.0. The van der Waals surface area contributed by atoms with E-state index in [1.54, 1.807) is 0 Å². The first kappa shape index (κ1) is 14.8. The normalized spacial score (nSPS) is 18.3. The van der Waals surface area contributed by atoms with Gasteiger partial charge in [-0.2, -0.15) is 13.5 Å². The molecule has 1 atom stereocenters. The summed E-state index contributed by atoms with van der Waals surface area (Å²) in [5.41, 5.74) is 2.98. The number of nitrogens with zero attached hydrogens (tertiary/aromatic N) is 1. The number of carbonyl (C=O) groups excluding carboxylic acids is 1. The second-order valence-corrected chi connectivity index (χ2v) is 6.63. The van der Waals surface area contributed by atoms with E-state index in [4.69, 9.17) is 4.55 Å². The first-order valence-corrected chi connectivity index (χ1v) is 8.11. The second kappa shape index (κ2) is 5.81. The van der Waals surface area contributed by atoms with Crippen molar-refractivity contribution in [2.75, 3.05) is 0 Å². The van der Waals surface area contributed by atoms with Gasteiger partial charge in [0.15, 0.2) is 5.17 Å². The standard InChI is InChI=1S/C11H13N3O4S2/c1-2-9-13-14-11(19-9)12-10(15)7-4-3-5-8(6-7)20(16,17)18/h3-6,9,13H,2H2,1H3,(H,12,14,15)(H,16,17,18). The van der Waals surface area contributed by atoms with Crippen LogP contribution in [0.4, 0.5) is 0 Å². The van der Waals surface area contributed by atoms with Gasteiger partial charge in [-0.15, -0.1) is 0 Å². The Hall–Kier alpha value is -1.58. The molecule has 9 heteroatoms. The molecular formula is C11H13N3O4S2. The Morgan fingerprint density at radius 3 is 2.90 bits per heavy atom. The van der Waals surface area contributed by atoms with Crippen LogP contribution in [-0.4, -0.2) is 29.4 Å². The molecule has 0 fully saturated rings. The zero-order valence-corrected chi connectivity index (χ0v) is 12.2. The lowest BCUT2D eigenvalue weighted by Gasteiger charge is -2.06. The van der Waals surface area contributed by atoms with Gasteiger partial charge in [0.1, 0.15) is 0 Å². The average molecular weight is 315 g/mol. The fourth-order valence-corrected chi connectivity index (χ4v) is 2.84. The number of hydrogen-bond acceptors (Lipinski definition) is 6. The number of nitrogens with one attached hydrogen (secondary N) is 2. The van der Waals surface area contributed by atoms with Crippen molar-refractivity contribution in [1.82, 2.24) is 10.7 Å². The van der Waals surface area contributed by atoms with Crippen molar-refractivity contribution in [1.29, 1.82) is 0 Å². The minimum atomic E-state index is -4.33. The van der Waals surface area contributed by atoms with Crippen LogP contribution in [0.3, 0.4) is 0 Å². The quantitative estimate of drug-likeness (QED) is 0.718. The van der Waals surface area contributed by atoms with Crippen LogP contribution in [0.1, 0.15) is 23.7 Å². The van der Waals surface area contributed by atoms with Gasteiger partial charge in [-0.3, -0.25) is 20.1 Å². The van der Waals surface area contributed by atoms with Gasteiger partial charge in [-0.05, 0) is 24.6 Å². The molecule has 0 spiro atoms. The summed E-state index contributed by atoms with van der Waals surface area (Å²) in [6, 6.07) is 5.15. The molecule has 3 N–H and O–H groups in total. The summed E-state index contributed by atoms with van der Waals surface area (Å²) in [6.45, 7) is 1.99. The van der Waals surface area contributed by atoms with E-state index in [-0.39, 0.29) is 15.8 Å². The molecule has 1 unspecified atom stereocenters. The van der Waals surface area contributed by atoms with Gasteiger partial charge in [0.25, 0.3) is 16.0 Å². The highest BCUT2D eigenvalue weighted by Crippen LogP contribution is 2.18. The van der Waals surface area contributed by atoms with Crippen molar-refractivity contribution < 1.29 is 17.8 Å². The van der Waals surface area contributed by atoms with E-state index in [2.05, 4.69) is 15.8 Å². The van der Waals surface area contributed by atoms with Gasteiger partial charge in [-0.1, -0.05) is 24.8 Å². The molecule has 1 aliphatic rings. The van der Waals surface area contributed by atoms with E-state index < -0.39 is 16.0 Å². The zero-order chi connectivity index (χ0) is 14.8. The van der Waals surface area contributed by atoms with Crippen molar-refractivity contribution in [3.05, 3.63) is 29.8 Å². The molecule has 1 aromatic rings. The number of hydrogen-bond donors (Lipinski definition) is 3. The fourth-order valence-electron chi connectivity index (χ4n) is 1.52. The highest BCUT2D eigenvalue weighted by atomic mass is 32.2. The Morgan fingerprint density at radius 2 is 2.30 bits per heavy atom. The van der Waals surface area contributed by atoms with E-state index in [0.29, 0.717) is 5.17 Å². The first-order chi connectivity index (χ1) is 9.40. The van der Waals surface area contributed by atoms with Gasteiger partial charge in [0.05, 0.1) is 10.3 Å². The molecule has 0 aliphatic carbocycles. The van der Waals surface area contributed by atoms with Crippen molar-refractivity contribution in [2.24, 2.45) is 5.10 Å². The summed E-state index contributed by atoms with van der Waals surface area (Å²) in [5, 5.41) is 7.08. The van der Waals surface area contributed by atoms with Crippen LogP contribution in [-0.2, 0) is 10.1 Å². The van der Waals surface area contributed by atoms with E-state index in [1.165, 1.54) is 30.0 Å². The third-order valence-corrected chi connectivity index (χ3v) is 4.54. The highest BCUT2D eigenvalue weighted by molar-refractivity contribution is 8.14.